The van der Waals surface area contributed by atoms with Gasteiger partial charge in [-0.15, -0.1) is 11.8 Å². The van der Waals surface area contributed by atoms with Crippen molar-refractivity contribution < 1.29 is 15.0 Å². The summed E-state index contributed by atoms with van der Waals surface area (Å²) in [7, 11) is 0. The number of aliphatic imine (C=N–C) groups is 1. The van der Waals surface area contributed by atoms with Crippen molar-refractivity contribution in [3.8, 4) is 5.75 Å². The van der Waals surface area contributed by atoms with Gasteiger partial charge in [0.15, 0.2) is 0 Å². The molecule has 3 unspecified atom stereocenters. The molecule has 1 saturated carbocycles. The van der Waals surface area contributed by atoms with E-state index in [0.717, 1.165) is 23.4 Å². The minimum absolute atomic E-state index is 0.219. The standard InChI is InChI=1S/C14H15NO3S/c16-10-4-1-8(2-5-10)13-15-11-6-3-9(14(17)18)7-12(11)19-13/h1-2,4-5,9,11-12,16H,3,6-7H2,(H,17,18). The van der Waals surface area contributed by atoms with Crippen LogP contribution in [0.25, 0.3) is 0 Å². The van der Waals surface area contributed by atoms with Crippen molar-refractivity contribution in [3.63, 3.8) is 0 Å². The smallest absolute Gasteiger partial charge is 0.306 e. The molecular weight excluding hydrogens is 262 g/mol. The van der Waals surface area contributed by atoms with E-state index in [2.05, 4.69) is 0 Å². The number of rotatable bonds is 2. The molecule has 1 aliphatic heterocycles. The van der Waals surface area contributed by atoms with Crippen LogP contribution in [0.4, 0.5) is 0 Å². The van der Waals surface area contributed by atoms with Crippen molar-refractivity contribution in [1.29, 1.82) is 0 Å². The van der Waals surface area contributed by atoms with Crippen molar-refractivity contribution in [2.75, 3.05) is 0 Å². The number of phenols is 1. The number of thioether (sulfide) groups is 1. The lowest BCUT2D eigenvalue weighted by atomic mass is 9.86. The van der Waals surface area contributed by atoms with Crippen molar-refractivity contribution in [2.24, 2.45) is 10.9 Å². The Morgan fingerprint density at radius 3 is 2.68 bits per heavy atom. The van der Waals surface area contributed by atoms with Gasteiger partial charge in [0.2, 0.25) is 0 Å². The number of phenolic OH excluding ortho intramolecular Hbond substituents is 1. The van der Waals surface area contributed by atoms with Crippen LogP contribution in [0.5, 0.6) is 5.75 Å². The van der Waals surface area contributed by atoms with E-state index in [9.17, 15) is 9.90 Å². The second kappa shape index (κ2) is 4.89. The number of aromatic hydroxyl groups is 1. The van der Waals surface area contributed by atoms with Crippen LogP contribution < -0.4 is 0 Å². The highest BCUT2D eigenvalue weighted by Gasteiger charge is 2.38. The zero-order valence-corrected chi connectivity index (χ0v) is 11.1. The quantitative estimate of drug-likeness (QED) is 0.871. The summed E-state index contributed by atoms with van der Waals surface area (Å²) in [4.78, 5) is 15.8. The number of nitrogens with zero attached hydrogens (tertiary/aromatic N) is 1. The fraction of sp³-hybridized carbons (Fsp3) is 0.429. The summed E-state index contributed by atoms with van der Waals surface area (Å²) in [6.45, 7) is 0. The number of fused-ring (bicyclic) bond motifs is 1. The molecule has 1 heterocycles. The first kappa shape index (κ1) is 12.5. The predicted octanol–water partition coefficient (Wildman–Crippen LogP) is 2.51. The molecule has 0 saturated heterocycles. The SMILES string of the molecule is O=C(O)C1CCC2N=C(c3ccc(O)cc3)SC2C1. The average molecular weight is 277 g/mol. The number of carbonyl (C=O) groups is 1. The Hall–Kier alpha value is -1.49. The van der Waals surface area contributed by atoms with Gasteiger partial charge in [-0.2, -0.15) is 0 Å². The molecule has 1 aromatic rings. The van der Waals surface area contributed by atoms with E-state index in [4.69, 9.17) is 10.1 Å². The van der Waals surface area contributed by atoms with Crippen LogP contribution in [0.15, 0.2) is 29.3 Å². The zero-order chi connectivity index (χ0) is 13.4. The second-order valence-corrected chi connectivity index (χ2v) is 6.28. The molecule has 1 aromatic carbocycles. The maximum atomic E-state index is 11.1. The number of hydrogen-bond acceptors (Lipinski definition) is 4. The highest BCUT2D eigenvalue weighted by Crippen LogP contribution is 2.41. The lowest BCUT2D eigenvalue weighted by molar-refractivity contribution is -0.142. The normalized spacial score (nSPS) is 29.7. The van der Waals surface area contributed by atoms with Gasteiger partial charge < -0.3 is 10.2 Å². The maximum absolute atomic E-state index is 11.1. The first-order valence-electron chi connectivity index (χ1n) is 6.40. The second-order valence-electron chi connectivity index (χ2n) is 5.05. The van der Waals surface area contributed by atoms with Crippen LogP contribution >= 0.6 is 11.8 Å². The first-order valence-corrected chi connectivity index (χ1v) is 7.28. The number of carboxylic acids is 1. The highest BCUT2D eigenvalue weighted by atomic mass is 32.2. The fourth-order valence-corrected chi connectivity index (χ4v) is 4.12. The number of benzene rings is 1. The van der Waals surface area contributed by atoms with E-state index in [0.29, 0.717) is 11.7 Å². The van der Waals surface area contributed by atoms with Crippen LogP contribution in [0.3, 0.4) is 0 Å². The van der Waals surface area contributed by atoms with Crippen LogP contribution in [0.1, 0.15) is 24.8 Å². The molecule has 2 N–H and O–H groups in total. The monoisotopic (exact) mass is 277 g/mol. The number of hydrogen-bond donors (Lipinski definition) is 2. The Bertz CT molecular complexity index is 526. The molecule has 1 aliphatic carbocycles. The van der Waals surface area contributed by atoms with E-state index in [1.807, 2.05) is 12.1 Å². The van der Waals surface area contributed by atoms with Gasteiger partial charge in [0.25, 0.3) is 0 Å². The van der Waals surface area contributed by atoms with Crippen LogP contribution in [-0.4, -0.2) is 32.5 Å². The minimum Gasteiger partial charge on any atom is -0.508 e. The molecule has 0 amide bonds. The minimum atomic E-state index is -0.683. The molecule has 0 radical (unpaired) electrons. The molecule has 3 rings (SSSR count). The van der Waals surface area contributed by atoms with Crippen LogP contribution in [0, 0.1) is 5.92 Å². The third kappa shape index (κ3) is 2.47. The summed E-state index contributed by atoms with van der Waals surface area (Å²) in [6.07, 6.45) is 2.29. The van der Waals surface area contributed by atoms with Gasteiger partial charge in [0, 0.05) is 10.8 Å². The van der Waals surface area contributed by atoms with Gasteiger partial charge in [-0.1, -0.05) is 0 Å². The van der Waals surface area contributed by atoms with Gasteiger partial charge in [-0.05, 0) is 43.5 Å². The predicted molar refractivity (Wildman–Crippen MR) is 74.8 cm³/mol. The van der Waals surface area contributed by atoms with Crippen molar-refractivity contribution in [2.45, 2.75) is 30.6 Å². The first-order chi connectivity index (χ1) is 9.13. The van der Waals surface area contributed by atoms with E-state index >= 15 is 0 Å². The van der Waals surface area contributed by atoms with Crippen molar-refractivity contribution >= 4 is 22.8 Å². The van der Waals surface area contributed by atoms with Gasteiger partial charge in [-0.3, -0.25) is 9.79 Å². The molecule has 3 atom stereocenters. The Balaban J connectivity index is 1.75. The molecule has 2 aliphatic rings. The molecule has 5 heteroatoms. The summed E-state index contributed by atoms with van der Waals surface area (Å²) in [5.74, 6) is -0.657. The lowest BCUT2D eigenvalue weighted by Crippen LogP contribution is -2.31. The summed E-state index contributed by atoms with van der Waals surface area (Å²) in [5.41, 5.74) is 1.00. The van der Waals surface area contributed by atoms with E-state index in [1.54, 1.807) is 23.9 Å². The number of carboxylic acid groups (broad SMARTS) is 1. The Kier molecular flexibility index (Phi) is 3.22. The van der Waals surface area contributed by atoms with Crippen molar-refractivity contribution in [3.05, 3.63) is 29.8 Å². The number of aliphatic carboxylic acids is 1. The molecule has 0 bridgehead atoms. The average Bonchev–Trinajstić information content (AvgIpc) is 2.82. The Labute approximate surface area is 115 Å². The third-order valence-corrected chi connectivity index (χ3v) is 5.14. The van der Waals surface area contributed by atoms with Crippen molar-refractivity contribution in [1.82, 2.24) is 0 Å². The van der Waals surface area contributed by atoms with E-state index in [1.165, 1.54) is 0 Å². The summed E-state index contributed by atoms with van der Waals surface area (Å²) >= 11 is 1.68. The molecule has 0 spiro atoms. The Morgan fingerprint density at radius 2 is 2.00 bits per heavy atom. The van der Waals surface area contributed by atoms with Crippen LogP contribution in [0.2, 0.25) is 0 Å². The molecule has 19 heavy (non-hydrogen) atoms. The van der Waals surface area contributed by atoms with Gasteiger partial charge >= 0.3 is 5.97 Å². The summed E-state index contributed by atoms with van der Waals surface area (Å²) < 4.78 is 0. The molecule has 1 fully saturated rings. The topological polar surface area (TPSA) is 69.9 Å². The fourth-order valence-electron chi connectivity index (χ4n) is 2.68. The molecule has 100 valence electrons. The molecular formula is C14H15NO3S. The van der Waals surface area contributed by atoms with Gasteiger partial charge in [-0.25, -0.2) is 0 Å². The molecule has 0 aromatic heterocycles. The van der Waals surface area contributed by atoms with E-state index < -0.39 is 5.97 Å². The van der Waals surface area contributed by atoms with Gasteiger partial charge in [0.05, 0.1) is 17.0 Å². The maximum Gasteiger partial charge on any atom is 0.306 e. The van der Waals surface area contributed by atoms with Crippen LogP contribution in [-0.2, 0) is 4.79 Å². The highest BCUT2D eigenvalue weighted by molar-refractivity contribution is 8.15. The Morgan fingerprint density at radius 1 is 1.26 bits per heavy atom. The van der Waals surface area contributed by atoms with E-state index in [-0.39, 0.29) is 17.7 Å². The summed E-state index contributed by atoms with van der Waals surface area (Å²) in [5, 5.41) is 19.7. The lowest BCUT2D eigenvalue weighted by Gasteiger charge is -2.27. The zero-order valence-electron chi connectivity index (χ0n) is 10.3. The van der Waals surface area contributed by atoms with Gasteiger partial charge in [0.1, 0.15) is 5.75 Å². The summed E-state index contributed by atoms with van der Waals surface area (Å²) in [6, 6.07) is 7.27. The molecule has 4 nitrogen and oxygen atoms in total. The largest absolute Gasteiger partial charge is 0.508 e. The third-order valence-electron chi connectivity index (χ3n) is 3.77.